The summed E-state index contributed by atoms with van der Waals surface area (Å²) in [5.41, 5.74) is 9.69. The summed E-state index contributed by atoms with van der Waals surface area (Å²) in [4.78, 5) is 2.91. The van der Waals surface area contributed by atoms with Crippen LogP contribution in [0.3, 0.4) is 0 Å². The molecule has 0 aliphatic heterocycles. The second-order valence-corrected chi connectivity index (χ2v) is 4.39. The van der Waals surface area contributed by atoms with Gasteiger partial charge in [-0.2, -0.15) is 0 Å². The Labute approximate surface area is 101 Å². The smallest absolute Gasteiger partial charge is 0.0720 e. The predicted octanol–water partition coefficient (Wildman–Crippen LogP) is 3.82. The maximum atomic E-state index is 8.52. The molecule has 0 heterocycles. The van der Waals surface area contributed by atoms with Crippen LogP contribution in [0.25, 0.3) is 10.4 Å². The second-order valence-electron chi connectivity index (χ2n) is 4.39. The van der Waals surface area contributed by atoms with Gasteiger partial charge in [0, 0.05) is 4.91 Å². The van der Waals surface area contributed by atoms with Crippen LogP contribution in [0.1, 0.15) is 31.2 Å². The molecule has 0 radical (unpaired) electrons. The summed E-state index contributed by atoms with van der Waals surface area (Å²) < 4.78 is 5.87. The Kier molecular flexibility index (Phi) is 4.42. The molecule has 0 bridgehead atoms. The molecule has 1 aliphatic carbocycles. The number of rotatable bonds is 4. The molecule has 90 valence electrons. The number of hydrogen-bond donors (Lipinski definition) is 0. The lowest BCUT2D eigenvalue weighted by Gasteiger charge is -2.28. The lowest BCUT2D eigenvalue weighted by Crippen LogP contribution is -2.30. The topological polar surface area (TPSA) is 58.0 Å². The van der Waals surface area contributed by atoms with Crippen LogP contribution >= 0.6 is 0 Å². The van der Waals surface area contributed by atoms with Gasteiger partial charge in [0.15, 0.2) is 0 Å². The van der Waals surface area contributed by atoms with Gasteiger partial charge in [-0.3, -0.25) is 0 Å². The van der Waals surface area contributed by atoms with E-state index in [4.69, 9.17) is 10.3 Å². The monoisotopic (exact) mass is 231 g/mol. The molecule has 2 unspecified atom stereocenters. The van der Waals surface area contributed by atoms with Crippen molar-refractivity contribution < 1.29 is 4.74 Å². The standard InChI is InChI=1S/C13H17N3O/c14-16-15-12-8-4-5-9-13(12)17-10-11-6-2-1-3-7-11/h1-3,6-7,12-13H,4-5,8-10H2. The molecule has 0 saturated heterocycles. The Hall–Kier alpha value is -1.51. The van der Waals surface area contributed by atoms with Crippen molar-refractivity contribution >= 4 is 0 Å². The summed E-state index contributed by atoms with van der Waals surface area (Å²) in [7, 11) is 0. The summed E-state index contributed by atoms with van der Waals surface area (Å²) in [5.74, 6) is 0. The summed E-state index contributed by atoms with van der Waals surface area (Å²) >= 11 is 0. The molecule has 0 spiro atoms. The SMILES string of the molecule is [N-]=[N+]=NC1CCCCC1OCc1ccccc1. The van der Waals surface area contributed by atoms with E-state index in [1.54, 1.807) is 0 Å². The minimum atomic E-state index is 0.0115. The first-order valence-electron chi connectivity index (χ1n) is 6.10. The van der Waals surface area contributed by atoms with E-state index in [0.29, 0.717) is 6.61 Å². The minimum absolute atomic E-state index is 0.0115. The third-order valence-corrected chi connectivity index (χ3v) is 3.17. The largest absolute Gasteiger partial charge is 0.373 e. The Bertz CT molecular complexity index is 387. The van der Waals surface area contributed by atoms with Gasteiger partial charge < -0.3 is 4.74 Å². The molecule has 1 aliphatic rings. The average Bonchev–Trinajstić information content (AvgIpc) is 2.39. The molecule has 2 atom stereocenters. The van der Waals surface area contributed by atoms with Crippen LogP contribution in [0.4, 0.5) is 0 Å². The molecule has 4 nitrogen and oxygen atoms in total. The van der Waals surface area contributed by atoms with Crippen molar-refractivity contribution in [2.75, 3.05) is 0 Å². The fourth-order valence-corrected chi connectivity index (χ4v) is 2.25. The van der Waals surface area contributed by atoms with Crippen LogP contribution in [-0.2, 0) is 11.3 Å². The molecular formula is C13H17N3O. The molecule has 17 heavy (non-hydrogen) atoms. The van der Waals surface area contributed by atoms with E-state index in [0.717, 1.165) is 31.2 Å². The molecule has 0 amide bonds. The highest BCUT2D eigenvalue weighted by Crippen LogP contribution is 2.24. The van der Waals surface area contributed by atoms with Gasteiger partial charge in [0.1, 0.15) is 0 Å². The zero-order valence-electron chi connectivity index (χ0n) is 9.83. The first kappa shape index (κ1) is 12.0. The van der Waals surface area contributed by atoms with Crippen molar-refractivity contribution in [1.29, 1.82) is 0 Å². The van der Waals surface area contributed by atoms with E-state index >= 15 is 0 Å². The number of azide groups is 1. The first-order chi connectivity index (χ1) is 8.40. The van der Waals surface area contributed by atoms with Gasteiger partial charge in [-0.15, -0.1) is 0 Å². The number of hydrogen-bond acceptors (Lipinski definition) is 2. The third-order valence-electron chi connectivity index (χ3n) is 3.17. The molecule has 1 aromatic rings. The lowest BCUT2D eigenvalue weighted by atomic mass is 9.93. The van der Waals surface area contributed by atoms with E-state index in [1.807, 2.05) is 30.3 Å². The Morgan fingerprint density at radius 3 is 2.76 bits per heavy atom. The lowest BCUT2D eigenvalue weighted by molar-refractivity contribution is 0.00419. The predicted molar refractivity (Wildman–Crippen MR) is 66.4 cm³/mol. The van der Waals surface area contributed by atoms with Crippen molar-refractivity contribution in [3.63, 3.8) is 0 Å². The van der Waals surface area contributed by atoms with E-state index in [9.17, 15) is 0 Å². The van der Waals surface area contributed by atoms with Crippen LogP contribution in [0, 0.1) is 0 Å². The van der Waals surface area contributed by atoms with Crippen molar-refractivity contribution in [3.05, 3.63) is 46.3 Å². The van der Waals surface area contributed by atoms with Gasteiger partial charge in [0.25, 0.3) is 0 Å². The normalized spacial score (nSPS) is 24.0. The van der Waals surface area contributed by atoms with Crippen LogP contribution in [0.15, 0.2) is 35.4 Å². The molecule has 4 heteroatoms. The Morgan fingerprint density at radius 1 is 1.24 bits per heavy atom. The third kappa shape index (κ3) is 3.48. The van der Waals surface area contributed by atoms with E-state index in [1.165, 1.54) is 0 Å². The summed E-state index contributed by atoms with van der Waals surface area (Å²) in [5, 5.41) is 3.83. The fourth-order valence-electron chi connectivity index (χ4n) is 2.25. The minimum Gasteiger partial charge on any atom is -0.373 e. The van der Waals surface area contributed by atoms with Crippen molar-refractivity contribution in [3.8, 4) is 0 Å². The van der Waals surface area contributed by atoms with Gasteiger partial charge >= 0.3 is 0 Å². The van der Waals surface area contributed by atoms with Gasteiger partial charge in [-0.25, -0.2) is 0 Å². The molecule has 1 aromatic carbocycles. The van der Waals surface area contributed by atoms with Gasteiger partial charge in [-0.1, -0.05) is 48.3 Å². The maximum Gasteiger partial charge on any atom is 0.0720 e. The highest BCUT2D eigenvalue weighted by atomic mass is 16.5. The van der Waals surface area contributed by atoms with Crippen molar-refractivity contribution in [2.45, 2.75) is 44.4 Å². The van der Waals surface area contributed by atoms with Crippen LogP contribution < -0.4 is 0 Å². The number of nitrogens with zero attached hydrogens (tertiary/aromatic N) is 3. The molecule has 2 rings (SSSR count). The van der Waals surface area contributed by atoms with Crippen LogP contribution in [-0.4, -0.2) is 12.1 Å². The first-order valence-corrected chi connectivity index (χ1v) is 6.10. The summed E-state index contributed by atoms with van der Waals surface area (Å²) in [6.07, 6.45) is 4.33. The number of benzene rings is 1. The molecule has 0 N–H and O–H groups in total. The summed E-state index contributed by atoms with van der Waals surface area (Å²) in [6, 6.07) is 10.1. The molecular weight excluding hydrogens is 214 g/mol. The van der Waals surface area contributed by atoms with Gasteiger partial charge in [-0.05, 0) is 23.9 Å². The van der Waals surface area contributed by atoms with E-state index in [2.05, 4.69) is 10.0 Å². The zero-order chi connectivity index (χ0) is 11.9. The Balaban J connectivity index is 1.90. The van der Waals surface area contributed by atoms with Crippen LogP contribution in [0.2, 0.25) is 0 Å². The fraction of sp³-hybridized carbons (Fsp3) is 0.538. The molecule has 1 fully saturated rings. The highest BCUT2D eigenvalue weighted by Gasteiger charge is 2.24. The van der Waals surface area contributed by atoms with Gasteiger partial charge in [0.2, 0.25) is 0 Å². The number of ether oxygens (including phenoxy) is 1. The Morgan fingerprint density at radius 2 is 2.00 bits per heavy atom. The molecule has 1 saturated carbocycles. The quantitative estimate of drug-likeness (QED) is 0.441. The average molecular weight is 231 g/mol. The van der Waals surface area contributed by atoms with E-state index in [-0.39, 0.29) is 12.1 Å². The van der Waals surface area contributed by atoms with Gasteiger partial charge in [0.05, 0.1) is 18.8 Å². The maximum absolute atomic E-state index is 8.52. The van der Waals surface area contributed by atoms with Crippen molar-refractivity contribution in [2.24, 2.45) is 5.11 Å². The van der Waals surface area contributed by atoms with E-state index < -0.39 is 0 Å². The van der Waals surface area contributed by atoms with Crippen LogP contribution in [0.5, 0.6) is 0 Å². The molecule has 0 aromatic heterocycles. The summed E-state index contributed by atoms with van der Waals surface area (Å²) in [6.45, 7) is 0.600. The second kappa shape index (κ2) is 6.28. The highest BCUT2D eigenvalue weighted by molar-refractivity contribution is 5.13. The zero-order valence-corrected chi connectivity index (χ0v) is 9.83. The van der Waals surface area contributed by atoms with Crippen molar-refractivity contribution in [1.82, 2.24) is 0 Å².